The van der Waals surface area contributed by atoms with E-state index in [0.717, 1.165) is 6.07 Å². The molecule has 96 valence electrons. The van der Waals surface area contributed by atoms with E-state index in [4.69, 9.17) is 22.1 Å². The summed E-state index contributed by atoms with van der Waals surface area (Å²) in [5.74, 6) is -1.12. The number of nitrogens with one attached hydrogen (secondary N) is 1. The van der Waals surface area contributed by atoms with Gasteiger partial charge in [-0.3, -0.25) is 4.79 Å². The van der Waals surface area contributed by atoms with Gasteiger partial charge in [0.1, 0.15) is 11.9 Å². The summed E-state index contributed by atoms with van der Waals surface area (Å²) in [7, 11) is 1.43. The molecule has 1 unspecified atom stereocenters. The zero-order chi connectivity index (χ0) is 12.1. The molecule has 0 spiro atoms. The molecule has 0 saturated heterocycles. The van der Waals surface area contributed by atoms with Crippen LogP contribution in [-0.4, -0.2) is 25.7 Å². The molecule has 1 atom stereocenters. The van der Waals surface area contributed by atoms with E-state index in [1.54, 1.807) is 0 Å². The van der Waals surface area contributed by atoms with E-state index < -0.39 is 17.8 Å². The minimum atomic E-state index is -0.833. The molecule has 1 aromatic rings. The summed E-state index contributed by atoms with van der Waals surface area (Å²) in [5.41, 5.74) is 5.51. The SMILES string of the molecule is COCC(N)C(=O)Nc1ccc(Cl)cc1F.Cl. The number of benzene rings is 1. The van der Waals surface area contributed by atoms with Crippen LogP contribution in [0.3, 0.4) is 0 Å². The van der Waals surface area contributed by atoms with Crippen LogP contribution in [0.2, 0.25) is 5.02 Å². The summed E-state index contributed by atoms with van der Waals surface area (Å²) in [6, 6.07) is 3.12. The second kappa shape index (κ2) is 7.45. The van der Waals surface area contributed by atoms with Crippen LogP contribution in [0.4, 0.5) is 10.1 Å². The second-order valence-corrected chi connectivity index (χ2v) is 3.61. The van der Waals surface area contributed by atoms with Crippen LogP contribution in [0.1, 0.15) is 0 Å². The molecule has 0 aromatic heterocycles. The number of hydrogen-bond acceptors (Lipinski definition) is 3. The fourth-order valence-corrected chi connectivity index (χ4v) is 1.23. The number of nitrogens with two attached hydrogens (primary N) is 1. The lowest BCUT2D eigenvalue weighted by molar-refractivity contribution is -0.118. The van der Waals surface area contributed by atoms with Crippen LogP contribution >= 0.6 is 24.0 Å². The topological polar surface area (TPSA) is 64.3 Å². The van der Waals surface area contributed by atoms with E-state index in [1.165, 1.54) is 19.2 Å². The molecule has 3 N–H and O–H groups in total. The molecule has 0 saturated carbocycles. The molecule has 0 radical (unpaired) electrons. The average molecular weight is 283 g/mol. The van der Waals surface area contributed by atoms with Gasteiger partial charge in [0.05, 0.1) is 12.3 Å². The Bertz CT molecular complexity index is 391. The van der Waals surface area contributed by atoms with Gasteiger partial charge in [-0.25, -0.2) is 4.39 Å². The molecule has 1 amide bonds. The molecule has 0 bridgehead atoms. The first-order valence-electron chi connectivity index (χ1n) is 4.55. The standard InChI is InChI=1S/C10H12ClFN2O2.ClH/c1-16-5-8(13)10(15)14-9-3-2-6(11)4-7(9)12;/h2-4,8H,5,13H2,1H3,(H,14,15);1H. The number of carbonyl (C=O) groups excluding carboxylic acids is 1. The Morgan fingerprint density at radius 1 is 1.65 bits per heavy atom. The first kappa shape index (κ1) is 16.1. The van der Waals surface area contributed by atoms with Gasteiger partial charge in [-0.1, -0.05) is 11.6 Å². The first-order chi connectivity index (χ1) is 7.54. The summed E-state index contributed by atoms with van der Waals surface area (Å²) in [6.07, 6.45) is 0. The third kappa shape index (κ3) is 4.87. The van der Waals surface area contributed by atoms with Crippen molar-refractivity contribution in [1.82, 2.24) is 0 Å². The molecule has 0 heterocycles. The summed E-state index contributed by atoms with van der Waals surface area (Å²) < 4.78 is 18.0. The number of anilines is 1. The van der Waals surface area contributed by atoms with Crippen molar-refractivity contribution in [2.24, 2.45) is 5.73 Å². The monoisotopic (exact) mass is 282 g/mol. The first-order valence-corrected chi connectivity index (χ1v) is 4.93. The predicted molar refractivity (Wildman–Crippen MR) is 67.1 cm³/mol. The molecule has 1 rings (SSSR count). The minimum absolute atomic E-state index is 0. The van der Waals surface area contributed by atoms with Gasteiger partial charge in [0.2, 0.25) is 5.91 Å². The van der Waals surface area contributed by atoms with E-state index in [9.17, 15) is 9.18 Å². The summed E-state index contributed by atoms with van der Waals surface area (Å²) >= 11 is 5.57. The van der Waals surface area contributed by atoms with Gasteiger partial charge >= 0.3 is 0 Å². The van der Waals surface area contributed by atoms with E-state index >= 15 is 0 Å². The van der Waals surface area contributed by atoms with E-state index in [2.05, 4.69) is 5.32 Å². The lowest BCUT2D eigenvalue weighted by atomic mass is 10.2. The summed E-state index contributed by atoms with van der Waals surface area (Å²) in [5, 5.41) is 2.61. The quantitative estimate of drug-likeness (QED) is 0.885. The summed E-state index contributed by atoms with van der Waals surface area (Å²) in [6.45, 7) is 0.0705. The zero-order valence-corrected chi connectivity index (χ0v) is 10.6. The highest BCUT2D eigenvalue weighted by Gasteiger charge is 2.14. The molecule has 0 aliphatic rings. The fraction of sp³-hybridized carbons (Fsp3) is 0.300. The fourth-order valence-electron chi connectivity index (χ4n) is 1.07. The Morgan fingerprint density at radius 2 is 2.29 bits per heavy atom. The van der Waals surface area contributed by atoms with Crippen molar-refractivity contribution >= 4 is 35.6 Å². The van der Waals surface area contributed by atoms with Crippen LogP contribution in [0.15, 0.2) is 18.2 Å². The van der Waals surface area contributed by atoms with Crippen molar-refractivity contribution in [3.05, 3.63) is 29.0 Å². The van der Waals surface area contributed by atoms with Gasteiger partial charge in [0, 0.05) is 12.1 Å². The molecule has 0 aliphatic carbocycles. The molecule has 4 nitrogen and oxygen atoms in total. The molecule has 0 aliphatic heterocycles. The Hall–Kier alpha value is -0.880. The average Bonchev–Trinajstić information content (AvgIpc) is 2.22. The van der Waals surface area contributed by atoms with Gasteiger partial charge < -0.3 is 15.8 Å². The van der Waals surface area contributed by atoms with Crippen LogP contribution in [0.5, 0.6) is 0 Å². The maximum absolute atomic E-state index is 13.3. The Balaban J connectivity index is 0.00000256. The Morgan fingerprint density at radius 3 is 2.82 bits per heavy atom. The van der Waals surface area contributed by atoms with Gasteiger partial charge in [-0.15, -0.1) is 12.4 Å². The van der Waals surface area contributed by atoms with Crippen LogP contribution in [0.25, 0.3) is 0 Å². The number of carbonyl (C=O) groups is 1. The van der Waals surface area contributed by atoms with Crippen LogP contribution in [-0.2, 0) is 9.53 Å². The van der Waals surface area contributed by atoms with Crippen molar-refractivity contribution in [3.8, 4) is 0 Å². The highest BCUT2D eigenvalue weighted by atomic mass is 35.5. The Labute approximate surface area is 110 Å². The second-order valence-electron chi connectivity index (χ2n) is 3.18. The number of methoxy groups -OCH3 is 1. The van der Waals surface area contributed by atoms with Gasteiger partial charge in [0.15, 0.2) is 0 Å². The maximum Gasteiger partial charge on any atom is 0.243 e. The van der Waals surface area contributed by atoms with Crippen molar-refractivity contribution in [2.75, 3.05) is 19.0 Å². The lowest BCUT2D eigenvalue weighted by Crippen LogP contribution is -2.39. The van der Waals surface area contributed by atoms with Gasteiger partial charge in [-0.05, 0) is 18.2 Å². The molecule has 17 heavy (non-hydrogen) atoms. The third-order valence-corrected chi connectivity index (χ3v) is 2.11. The molecule has 1 aromatic carbocycles. The number of halogens is 3. The number of ether oxygens (including phenoxy) is 1. The van der Waals surface area contributed by atoms with E-state index in [1.807, 2.05) is 0 Å². The van der Waals surface area contributed by atoms with Crippen molar-refractivity contribution in [2.45, 2.75) is 6.04 Å². The van der Waals surface area contributed by atoms with Crippen molar-refractivity contribution in [3.63, 3.8) is 0 Å². The smallest absolute Gasteiger partial charge is 0.243 e. The van der Waals surface area contributed by atoms with E-state index in [0.29, 0.717) is 0 Å². The van der Waals surface area contributed by atoms with Crippen LogP contribution < -0.4 is 11.1 Å². The van der Waals surface area contributed by atoms with Gasteiger partial charge in [0.25, 0.3) is 0 Å². The molecule has 7 heteroatoms. The van der Waals surface area contributed by atoms with Crippen LogP contribution in [0, 0.1) is 5.82 Å². The van der Waals surface area contributed by atoms with E-state index in [-0.39, 0.29) is 29.7 Å². The largest absolute Gasteiger partial charge is 0.383 e. The van der Waals surface area contributed by atoms with Gasteiger partial charge in [-0.2, -0.15) is 0 Å². The molecular weight excluding hydrogens is 270 g/mol. The molecular formula is C10H13Cl2FN2O2. The zero-order valence-electron chi connectivity index (χ0n) is 9.07. The molecule has 0 fully saturated rings. The highest BCUT2D eigenvalue weighted by Crippen LogP contribution is 2.18. The maximum atomic E-state index is 13.3. The van der Waals surface area contributed by atoms with Crippen molar-refractivity contribution in [1.29, 1.82) is 0 Å². The lowest BCUT2D eigenvalue weighted by Gasteiger charge is -2.11. The number of hydrogen-bond donors (Lipinski definition) is 2. The normalized spacial score (nSPS) is 11.5. The minimum Gasteiger partial charge on any atom is -0.383 e. The number of amides is 1. The Kier molecular flexibility index (Phi) is 7.06. The highest BCUT2D eigenvalue weighted by molar-refractivity contribution is 6.30. The summed E-state index contributed by atoms with van der Waals surface area (Å²) in [4.78, 5) is 11.4. The van der Waals surface area contributed by atoms with Crippen molar-refractivity contribution < 1.29 is 13.9 Å². The predicted octanol–water partition coefficient (Wildman–Crippen LogP) is 1.81. The number of rotatable bonds is 4. The third-order valence-electron chi connectivity index (χ3n) is 1.87.